The highest BCUT2D eigenvalue weighted by molar-refractivity contribution is 5.93. The highest BCUT2D eigenvalue weighted by Crippen LogP contribution is 2.34. The van der Waals surface area contributed by atoms with Crippen LogP contribution in [-0.2, 0) is 24.4 Å². The lowest BCUT2D eigenvalue weighted by molar-refractivity contribution is -0.136. The number of para-hydroxylation sites is 1. The van der Waals surface area contributed by atoms with E-state index >= 15 is 0 Å². The van der Waals surface area contributed by atoms with E-state index in [2.05, 4.69) is 6.07 Å². The van der Waals surface area contributed by atoms with Gasteiger partial charge >= 0.3 is 5.97 Å². The maximum atomic E-state index is 11.2. The van der Waals surface area contributed by atoms with Crippen LogP contribution in [0.5, 0.6) is 5.75 Å². The Morgan fingerprint density at radius 3 is 2.50 bits per heavy atom. The van der Waals surface area contributed by atoms with Gasteiger partial charge in [0.15, 0.2) is 0 Å². The zero-order chi connectivity index (χ0) is 24.7. The van der Waals surface area contributed by atoms with Crippen molar-refractivity contribution in [2.45, 2.75) is 46.4 Å². The minimum atomic E-state index is -0.897. The second-order valence-corrected chi connectivity index (χ2v) is 7.87. The molecule has 1 heterocycles. The Balaban J connectivity index is 0.00000158. The van der Waals surface area contributed by atoms with Crippen LogP contribution in [0.4, 0.5) is 0 Å². The van der Waals surface area contributed by atoms with Crippen LogP contribution in [0, 0.1) is 0 Å². The van der Waals surface area contributed by atoms with Gasteiger partial charge in [-0.3, -0.25) is 4.79 Å². The minimum Gasteiger partial charge on any atom is -0.489 e. The fourth-order valence-corrected chi connectivity index (χ4v) is 3.74. The first-order valence-electron chi connectivity index (χ1n) is 11.5. The summed E-state index contributed by atoms with van der Waals surface area (Å²) in [6.07, 6.45) is -0.0915. The van der Waals surface area contributed by atoms with Crippen molar-refractivity contribution in [3.63, 3.8) is 0 Å². The summed E-state index contributed by atoms with van der Waals surface area (Å²) in [6, 6.07) is 21.0. The number of hydrogen-bond donors (Lipinski definition) is 3. The maximum absolute atomic E-state index is 11.2. The van der Waals surface area contributed by atoms with Crippen LogP contribution in [0.3, 0.4) is 0 Å². The lowest BCUT2D eigenvalue weighted by atomic mass is 9.99. The van der Waals surface area contributed by atoms with Crippen molar-refractivity contribution in [3.05, 3.63) is 89.2 Å². The van der Waals surface area contributed by atoms with Gasteiger partial charge < -0.3 is 25.7 Å². The fraction of sp³-hybridized carbons (Fsp3) is 0.250. The third kappa shape index (κ3) is 5.84. The molecule has 0 fully saturated rings. The zero-order valence-corrected chi connectivity index (χ0v) is 19.9. The number of ether oxygens (including phenoxy) is 1. The van der Waals surface area contributed by atoms with Crippen LogP contribution in [-0.4, -0.2) is 11.1 Å². The number of carbonyl (C=O) groups is 1. The van der Waals surface area contributed by atoms with Crippen molar-refractivity contribution >= 4 is 16.9 Å². The fourth-order valence-electron chi connectivity index (χ4n) is 3.74. The number of furan rings is 1. The van der Waals surface area contributed by atoms with Gasteiger partial charge in [0.25, 0.3) is 0 Å². The van der Waals surface area contributed by atoms with Gasteiger partial charge in [0.1, 0.15) is 23.7 Å². The van der Waals surface area contributed by atoms with E-state index in [1.807, 2.05) is 63.2 Å². The Kier molecular flexibility index (Phi) is 8.46. The number of hydrogen-bond acceptors (Lipinski definition) is 5. The molecule has 0 radical (unpaired) electrons. The molecule has 0 aliphatic rings. The van der Waals surface area contributed by atoms with E-state index in [1.54, 1.807) is 18.2 Å². The van der Waals surface area contributed by atoms with Crippen molar-refractivity contribution in [3.8, 4) is 16.9 Å². The first-order valence-corrected chi connectivity index (χ1v) is 11.5. The average Bonchev–Trinajstić information content (AvgIpc) is 3.28. The molecule has 0 spiro atoms. The molecule has 0 aliphatic carbocycles. The summed E-state index contributed by atoms with van der Waals surface area (Å²) in [5.41, 5.74) is 17.2. The molecule has 0 saturated heterocycles. The first-order chi connectivity index (χ1) is 16.4. The molecule has 178 valence electrons. The van der Waals surface area contributed by atoms with E-state index in [9.17, 15) is 4.79 Å². The van der Waals surface area contributed by atoms with Gasteiger partial charge in [0.05, 0.1) is 12.5 Å². The van der Waals surface area contributed by atoms with Gasteiger partial charge in [-0.1, -0.05) is 50.2 Å². The van der Waals surface area contributed by atoms with Crippen LogP contribution < -0.4 is 16.2 Å². The van der Waals surface area contributed by atoms with E-state index in [-0.39, 0.29) is 19.1 Å². The maximum Gasteiger partial charge on any atom is 0.307 e. The topological polar surface area (TPSA) is 112 Å². The molecule has 4 aromatic rings. The Morgan fingerprint density at radius 2 is 1.79 bits per heavy atom. The third-order valence-corrected chi connectivity index (χ3v) is 5.33. The molecule has 0 bridgehead atoms. The highest BCUT2D eigenvalue weighted by Gasteiger charge is 2.15. The smallest absolute Gasteiger partial charge is 0.307 e. The molecule has 4 rings (SSSR count). The zero-order valence-electron chi connectivity index (χ0n) is 19.9. The molecule has 6 nitrogen and oxygen atoms in total. The molecule has 0 aliphatic heterocycles. The second-order valence-electron chi connectivity index (χ2n) is 7.87. The van der Waals surface area contributed by atoms with Gasteiger partial charge in [-0.05, 0) is 53.9 Å². The predicted molar refractivity (Wildman–Crippen MR) is 136 cm³/mol. The normalized spacial score (nSPS) is 11.6. The number of benzene rings is 3. The number of aliphatic carboxylic acids is 1. The molecule has 1 unspecified atom stereocenters. The predicted octanol–water partition coefficient (Wildman–Crippen LogP) is 5.81. The number of carboxylic acids is 1. The number of fused-ring (bicyclic) bond motifs is 1. The molecule has 1 atom stereocenters. The van der Waals surface area contributed by atoms with E-state index in [4.69, 9.17) is 25.7 Å². The lowest BCUT2D eigenvalue weighted by Gasteiger charge is -2.12. The summed E-state index contributed by atoms with van der Waals surface area (Å²) in [6.45, 7) is 6.62. The number of nitrogens with two attached hydrogens (primary N) is 2. The molecule has 3 aromatic carbocycles. The SMILES string of the molecule is CC.CC(N)c1cc2cc(COc3ccccc3CC(=O)O)cc(-c3cccc(CN)c3)c2o1. The third-order valence-electron chi connectivity index (χ3n) is 5.33. The summed E-state index contributed by atoms with van der Waals surface area (Å²) < 4.78 is 12.1. The van der Waals surface area contributed by atoms with Gasteiger partial charge in [0, 0.05) is 23.1 Å². The van der Waals surface area contributed by atoms with Gasteiger partial charge in [-0.25, -0.2) is 0 Å². The van der Waals surface area contributed by atoms with E-state index < -0.39 is 5.97 Å². The van der Waals surface area contributed by atoms with Crippen molar-refractivity contribution in [2.24, 2.45) is 11.5 Å². The highest BCUT2D eigenvalue weighted by atomic mass is 16.5. The van der Waals surface area contributed by atoms with Gasteiger partial charge in [-0.15, -0.1) is 0 Å². The molecule has 34 heavy (non-hydrogen) atoms. The van der Waals surface area contributed by atoms with Crippen LogP contribution in [0.25, 0.3) is 22.1 Å². The molecule has 1 aromatic heterocycles. The molecular formula is C28H32N2O4. The van der Waals surface area contributed by atoms with Crippen molar-refractivity contribution in [2.75, 3.05) is 0 Å². The van der Waals surface area contributed by atoms with Gasteiger partial charge in [-0.2, -0.15) is 0 Å². The Morgan fingerprint density at radius 1 is 1.03 bits per heavy atom. The van der Waals surface area contributed by atoms with Crippen LogP contribution in [0.15, 0.2) is 71.1 Å². The molecular weight excluding hydrogens is 428 g/mol. The van der Waals surface area contributed by atoms with Crippen LogP contribution in [0.2, 0.25) is 0 Å². The van der Waals surface area contributed by atoms with Gasteiger partial charge in [0.2, 0.25) is 0 Å². The summed E-state index contributed by atoms with van der Waals surface area (Å²) in [5, 5.41) is 10.1. The van der Waals surface area contributed by atoms with E-state index in [1.165, 1.54) is 0 Å². The van der Waals surface area contributed by atoms with E-state index in [0.29, 0.717) is 23.6 Å². The summed E-state index contributed by atoms with van der Waals surface area (Å²) in [5.74, 6) is 0.373. The molecule has 6 heteroatoms. The van der Waals surface area contributed by atoms with Crippen LogP contribution >= 0.6 is 0 Å². The quantitative estimate of drug-likeness (QED) is 0.306. The minimum absolute atomic E-state index is 0.0915. The van der Waals surface area contributed by atoms with E-state index in [0.717, 1.165) is 33.2 Å². The summed E-state index contributed by atoms with van der Waals surface area (Å²) >= 11 is 0. The monoisotopic (exact) mass is 460 g/mol. The number of rotatable bonds is 8. The standard InChI is InChI=1S/C26H26N2O4.C2H6/c1-16(28)24-12-21-10-18(15-31-23-8-3-2-6-20(23)13-25(29)30)11-22(26(21)32-24)19-7-4-5-17(9-19)14-27;1-2/h2-12,16H,13-15,27-28H2,1H3,(H,29,30);1-2H3. The summed E-state index contributed by atoms with van der Waals surface area (Å²) in [7, 11) is 0. The Labute approximate surface area is 200 Å². The largest absolute Gasteiger partial charge is 0.489 e. The van der Waals surface area contributed by atoms with Crippen molar-refractivity contribution in [1.82, 2.24) is 0 Å². The number of carboxylic acid groups (broad SMARTS) is 1. The molecule has 0 saturated carbocycles. The first kappa shape index (κ1) is 25.0. The lowest BCUT2D eigenvalue weighted by Crippen LogP contribution is -2.04. The Bertz CT molecular complexity index is 1260. The second kappa shape index (κ2) is 11.5. The summed E-state index contributed by atoms with van der Waals surface area (Å²) in [4.78, 5) is 11.2. The van der Waals surface area contributed by atoms with Crippen molar-refractivity contribution < 1.29 is 19.1 Å². The molecule has 0 amide bonds. The molecule has 5 N–H and O–H groups in total. The van der Waals surface area contributed by atoms with Crippen LogP contribution in [0.1, 0.15) is 49.3 Å². The Hall–Kier alpha value is -3.61. The van der Waals surface area contributed by atoms with Crippen molar-refractivity contribution in [1.29, 1.82) is 0 Å². The average molecular weight is 461 g/mol.